The van der Waals surface area contributed by atoms with Gasteiger partial charge in [-0.25, -0.2) is 0 Å². The van der Waals surface area contributed by atoms with Crippen molar-refractivity contribution in [2.75, 3.05) is 7.11 Å². The van der Waals surface area contributed by atoms with Crippen LogP contribution in [0.25, 0.3) is 0 Å². The van der Waals surface area contributed by atoms with E-state index < -0.39 is 36.9 Å². The lowest BCUT2D eigenvalue weighted by atomic mass is 10.1. The maximum absolute atomic E-state index is 12.2. The van der Waals surface area contributed by atoms with Crippen molar-refractivity contribution in [3.63, 3.8) is 0 Å². The highest BCUT2D eigenvalue weighted by atomic mass is 19.4. The molecule has 1 aromatic carbocycles. The van der Waals surface area contributed by atoms with Crippen LogP contribution in [0.15, 0.2) is 18.2 Å². The standard InChI is InChI=1S/C11H9F5O4/c1-18-9(17)5-6-4-7(19-10(12)13)2-3-8(6)20-11(14,15)16/h2-4,10H,5H2,1H3. The van der Waals surface area contributed by atoms with Gasteiger partial charge in [-0.15, -0.1) is 13.2 Å². The summed E-state index contributed by atoms with van der Waals surface area (Å²) in [4.78, 5) is 11.1. The molecule has 112 valence electrons. The molecule has 0 aliphatic heterocycles. The fraction of sp³-hybridized carbons (Fsp3) is 0.364. The molecule has 0 N–H and O–H groups in total. The van der Waals surface area contributed by atoms with Gasteiger partial charge < -0.3 is 14.2 Å². The van der Waals surface area contributed by atoms with Crippen molar-refractivity contribution in [1.82, 2.24) is 0 Å². The number of benzene rings is 1. The zero-order valence-electron chi connectivity index (χ0n) is 10.0. The van der Waals surface area contributed by atoms with Crippen LogP contribution in [0.5, 0.6) is 11.5 Å². The summed E-state index contributed by atoms with van der Waals surface area (Å²) in [6, 6.07) is 2.50. The summed E-state index contributed by atoms with van der Waals surface area (Å²) in [6.45, 7) is -3.14. The molecule has 0 saturated heterocycles. The highest BCUT2D eigenvalue weighted by molar-refractivity contribution is 5.73. The molecule has 0 aliphatic rings. The summed E-state index contributed by atoms with van der Waals surface area (Å²) in [5.41, 5.74) is -0.285. The van der Waals surface area contributed by atoms with E-state index in [1.165, 1.54) is 0 Å². The van der Waals surface area contributed by atoms with Gasteiger partial charge in [0.25, 0.3) is 0 Å². The molecule has 4 nitrogen and oxygen atoms in total. The zero-order chi connectivity index (χ0) is 15.3. The van der Waals surface area contributed by atoms with Gasteiger partial charge >= 0.3 is 18.9 Å². The normalized spacial score (nSPS) is 11.3. The number of hydrogen-bond acceptors (Lipinski definition) is 4. The van der Waals surface area contributed by atoms with E-state index in [-0.39, 0.29) is 5.56 Å². The second-order valence-corrected chi connectivity index (χ2v) is 3.45. The van der Waals surface area contributed by atoms with E-state index in [1.807, 2.05) is 0 Å². The fourth-order valence-corrected chi connectivity index (χ4v) is 1.32. The van der Waals surface area contributed by atoms with Crippen LogP contribution in [-0.4, -0.2) is 26.1 Å². The third-order valence-corrected chi connectivity index (χ3v) is 2.05. The molecule has 1 rings (SSSR count). The Labute approximate surface area is 110 Å². The van der Waals surface area contributed by atoms with Crippen molar-refractivity contribution < 1.29 is 41.0 Å². The second kappa shape index (κ2) is 6.40. The number of esters is 1. The summed E-state index contributed by atoms with van der Waals surface area (Å²) < 4.78 is 72.6. The van der Waals surface area contributed by atoms with Crippen LogP contribution in [0.2, 0.25) is 0 Å². The van der Waals surface area contributed by atoms with Crippen LogP contribution in [0.1, 0.15) is 5.56 Å². The maximum atomic E-state index is 12.2. The van der Waals surface area contributed by atoms with Crippen LogP contribution in [0.4, 0.5) is 22.0 Å². The molecule has 0 fully saturated rings. The first-order valence-electron chi connectivity index (χ1n) is 5.11. The van der Waals surface area contributed by atoms with E-state index in [2.05, 4.69) is 14.2 Å². The molecule has 0 spiro atoms. The Bertz CT molecular complexity index is 472. The Kier molecular flexibility index (Phi) is 5.12. The molecule has 0 atom stereocenters. The van der Waals surface area contributed by atoms with Crippen molar-refractivity contribution in [2.24, 2.45) is 0 Å². The summed E-state index contributed by atoms with van der Waals surface area (Å²) >= 11 is 0. The highest BCUT2D eigenvalue weighted by Gasteiger charge is 2.32. The molecule has 1 aromatic rings. The molecule has 0 aliphatic carbocycles. The number of methoxy groups -OCH3 is 1. The molecular formula is C11H9F5O4. The molecule has 20 heavy (non-hydrogen) atoms. The fourth-order valence-electron chi connectivity index (χ4n) is 1.32. The van der Waals surface area contributed by atoms with Gasteiger partial charge in [-0.2, -0.15) is 8.78 Å². The number of rotatable bonds is 5. The smallest absolute Gasteiger partial charge is 0.469 e. The van der Waals surface area contributed by atoms with Gasteiger partial charge in [-0.05, 0) is 18.2 Å². The Morgan fingerprint density at radius 3 is 2.45 bits per heavy atom. The van der Waals surface area contributed by atoms with Crippen LogP contribution in [0, 0.1) is 0 Å². The minimum absolute atomic E-state index is 0.285. The van der Waals surface area contributed by atoms with Crippen molar-refractivity contribution in [1.29, 1.82) is 0 Å². The molecule has 0 heterocycles. The highest BCUT2D eigenvalue weighted by Crippen LogP contribution is 2.30. The average Bonchev–Trinajstić information content (AvgIpc) is 2.30. The lowest BCUT2D eigenvalue weighted by Crippen LogP contribution is -2.19. The first kappa shape index (κ1) is 16.0. The van der Waals surface area contributed by atoms with E-state index in [1.54, 1.807) is 0 Å². The summed E-state index contributed by atoms with van der Waals surface area (Å²) in [5, 5.41) is 0. The average molecular weight is 300 g/mol. The lowest BCUT2D eigenvalue weighted by Gasteiger charge is -2.14. The number of halogens is 5. The van der Waals surface area contributed by atoms with E-state index in [9.17, 15) is 26.7 Å². The molecule has 0 amide bonds. The summed E-state index contributed by atoms with van der Waals surface area (Å²) in [7, 11) is 1.03. The summed E-state index contributed by atoms with van der Waals surface area (Å²) in [6.07, 6.45) is -5.56. The Morgan fingerprint density at radius 2 is 1.95 bits per heavy atom. The number of carbonyl (C=O) groups excluding carboxylic acids is 1. The molecule has 0 unspecified atom stereocenters. The zero-order valence-corrected chi connectivity index (χ0v) is 10.0. The molecule has 0 aromatic heterocycles. The Balaban J connectivity index is 3.05. The quantitative estimate of drug-likeness (QED) is 0.619. The third-order valence-electron chi connectivity index (χ3n) is 2.05. The Hall–Kier alpha value is -2.06. The van der Waals surface area contributed by atoms with Crippen LogP contribution < -0.4 is 9.47 Å². The number of ether oxygens (including phenoxy) is 3. The van der Waals surface area contributed by atoms with Crippen molar-refractivity contribution in [3.05, 3.63) is 23.8 Å². The van der Waals surface area contributed by atoms with Crippen LogP contribution >= 0.6 is 0 Å². The van der Waals surface area contributed by atoms with Crippen LogP contribution in [0.3, 0.4) is 0 Å². The Morgan fingerprint density at radius 1 is 1.30 bits per heavy atom. The van der Waals surface area contributed by atoms with Crippen LogP contribution in [-0.2, 0) is 16.0 Å². The van der Waals surface area contributed by atoms with Crippen molar-refractivity contribution in [2.45, 2.75) is 19.4 Å². The van der Waals surface area contributed by atoms with Gasteiger partial charge in [0.2, 0.25) is 0 Å². The van der Waals surface area contributed by atoms with Gasteiger partial charge in [0, 0.05) is 5.56 Å². The van der Waals surface area contributed by atoms with E-state index in [0.717, 1.165) is 25.3 Å². The van der Waals surface area contributed by atoms with Crippen molar-refractivity contribution >= 4 is 5.97 Å². The SMILES string of the molecule is COC(=O)Cc1cc(OC(F)F)ccc1OC(F)(F)F. The van der Waals surface area contributed by atoms with Gasteiger partial charge in [-0.1, -0.05) is 0 Å². The van der Waals surface area contributed by atoms with Gasteiger partial charge in [0.05, 0.1) is 13.5 Å². The summed E-state index contributed by atoms with van der Waals surface area (Å²) in [5.74, 6) is -1.94. The third kappa shape index (κ3) is 5.29. The molecule has 0 radical (unpaired) electrons. The molecule has 0 bridgehead atoms. The molecular weight excluding hydrogens is 291 g/mol. The number of hydrogen-bond donors (Lipinski definition) is 0. The van der Waals surface area contributed by atoms with Gasteiger partial charge in [0.1, 0.15) is 11.5 Å². The van der Waals surface area contributed by atoms with Crippen molar-refractivity contribution in [3.8, 4) is 11.5 Å². The van der Waals surface area contributed by atoms with E-state index in [4.69, 9.17) is 0 Å². The monoisotopic (exact) mass is 300 g/mol. The predicted molar refractivity (Wildman–Crippen MR) is 55.5 cm³/mol. The van der Waals surface area contributed by atoms with Gasteiger partial charge in [0.15, 0.2) is 0 Å². The topological polar surface area (TPSA) is 44.8 Å². The number of carbonyl (C=O) groups is 1. The molecule has 0 saturated carbocycles. The minimum atomic E-state index is -4.98. The van der Waals surface area contributed by atoms with E-state index >= 15 is 0 Å². The van der Waals surface area contributed by atoms with Gasteiger partial charge in [-0.3, -0.25) is 4.79 Å². The number of alkyl halides is 5. The maximum Gasteiger partial charge on any atom is 0.573 e. The molecule has 9 heteroatoms. The predicted octanol–water partition coefficient (Wildman–Crippen LogP) is 2.90. The lowest BCUT2D eigenvalue weighted by molar-refractivity contribution is -0.275. The van der Waals surface area contributed by atoms with E-state index in [0.29, 0.717) is 0 Å². The largest absolute Gasteiger partial charge is 0.573 e. The minimum Gasteiger partial charge on any atom is -0.469 e. The second-order valence-electron chi connectivity index (χ2n) is 3.45. The first-order valence-corrected chi connectivity index (χ1v) is 5.11. The first-order chi connectivity index (χ1) is 9.21.